The minimum Gasteiger partial charge on any atom is -0.478 e. The van der Waals surface area contributed by atoms with E-state index in [1.807, 2.05) is 0 Å². The Bertz CT molecular complexity index is 488. The van der Waals surface area contributed by atoms with Gasteiger partial charge >= 0.3 is 12.0 Å². The number of carbonyl (C=O) groups excluding carboxylic acids is 1. The van der Waals surface area contributed by atoms with Crippen molar-refractivity contribution in [2.24, 2.45) is 0 Å². The Hall–Kier alpha value is -2.37. The zero-order valence-electron chi connectivity index (χ0n) is 9.81. The average molecular weight is 252 g/mol. The first-order valence-corrected chi connectivity index (χ1v) is 5.11. The number of urea groups is 1. The summed E-state index contributed by atoms with van der Waals surface area (Å²) in [6, 6.07) is 2.77. The molecule has 0 spiro atoms. The Balaban J connectivity index is 2.82. The van der Waals surface area contributed by atoms with Crippen LogP contribution in [0.2, 0.25) is 0 Å². The van der Waals surface area contributed by atoms with E-state index in [1.54, 1.807) is 0 Å². The zero-order valence-corrected chi connectivity index (χ0v) is 9.81. The van der Waals surface area contributed by atoms with E-state index in [0.29, 0.717) is 6.54 Å². The third-order valence-corrected chi connectivity index (χ3v) is 2.21. The number of amides is 2. The number of benzene rings is 1. The lowest BCUT2D eigenvalue weighted by atomic mass is 10.2. The van der Waals surface area contributed by atoms with Crippen LogP contribution in [0, 0.1) is 5.82 Å². The molecule has 0 unspecified atom stereocenters. The summed E-state index contributed by atoms with van der Waals surface area (Å²) in [4.78, 5) is 23.5. The van der Waals surface area contributed by atoms with Crippen molar-refractivity contribution in [1.29, 1.82) is 0 Å². The van der Waals surface area contributed by atoms with Gasteiger partial charge in [-0.3, -0.25) is 0 Å². The fourth-order valence-electron chi connectivity index (χ4n) is 1.24. The quantitative estimate of drug-likeness (QED) is 0.807. The molecule has 0 aliphatic rings. The minimum absolute atomic E-state index is 0.0686. The summed E-state index contributed by atoms with van der Waals surface area (Å²) in [5.74, 6) is -2.02. The predicted octanol–water partition coefficient (Wildman–Crippen LogP) is 2.17. The molecular weight excluding hydrogens is 239 g/mol. The smallest absolute Gasteiger partial charge is 0.335 e. The van der Waals surface area contributed by atoms with Gasteiger partial charge in [0.2, 0.25) is 0 Å². The molecule has 96 valence electrons. The summed E-state index contributed by atoms with van der Waals surface area (Å²) in [6.45, 7) is 3.80. The molecule has 6 heteroatoms. The van der Waals surface area contributed by atoms with Crippen molar-refractivity contribution < 1.29 is 19.1 Å². The molecule has 0 bridgehead atoms. The number of halogens is 1. The highest BCUT2D eigenvalue weighted by atomic mass is 19.1. The summed E-state index contributed by atoms with van der Waals surface area (Å²) in [7, 11) is 1.53. The lowest BCUT2D eigenvalue weighted by Gasteiger charge is -2.16. The number of carbonyl (C=O) groups is 2. The molecule has 0 saturated carbocycles. The summed E-state index contributed by atoms with van der Waals surface area (Å²) in [6.07, 6.45) is 1.53. The van der Waals surface area contributed by atoms with E-state index in [-0.39, 0.29) is 11.3 Å². The van der Waals surface area contributed by atoms with Crippen LogP contribution in [0.5, 0.6) is 0 Å². The van der Waals surface area contributed by atoms with E-state index in [0.717, 1.165) is 6.07 Å². The van der Waals surface area contributed by atoms with Crippen LogP contribution in [-0.4, -0.2) is 35.6 Å². The van der Waals surface area contributed by atoms with Gasteiger partial charge in [-0.2, -0.15) is 0 Å². The van der Waals surface area contributed by atoms with Gasteiger partial charge in [0.05, 0.1) is 11.3 Å². The molecule has 1 aromatic carbocycles. The predicted molar refractivity (Wildman–Crippen MR) is 65.2 cm³/mol. The SMILES string of the molecule is C=CCN(C)C(=O)Nc1ccc(C(=O)O)cc1F. The first kappa shape index (κ1) is 13.7. The van der Waals surface area contributed by atoms with Gasteiger partial charge < -0.3 is 15.3 Å². The molecule has 1 rings (SSSR count). The van der Waals surface area contributed by atoms with Gasteiger partial charge in [-0.25, -0.2) is 14.0 Å². The van der Waals surface area contributed by atoms with Crippen LogP contribution in [0.3, 0.4) is 0 Å². The van der Waals surface area contributed by atoms with Gasteiger partial charge in [-0.05, 0) is 18.2 Å². The number of anilines is 1. The van der Waals surface area contributed by atoms with Gasteiger partial charge in [-0.15, -0.1) is 6.58 Å². The first-order valence-electron chi connectivity index (χ1n) is 5.11. The third kappa shape index (κ3) is 3.31. The summed E-state index contributed by atoms with van der Waals surface area (Å²) >= 11 is 0. The highest BCUT2D eigenvalue weighted by Crippen LogP contribution is 2.16. The molecule has 0 fully saturated rings. The Morgan fingerprint density at radius 1 is 1.56 bits per heavy atom. The molecule has 0 radical (unpaired) electrons. The number of nitrogens with zero attached hydrogens (tertiary/aromatic N) is 1. The zero-order chi connectivity index (χ0) is 13.7. The van der Waals surface area contributed by atoms with E-state index in [4.69, 9.17) is 5.11 Å². The monoisotopic (exact) mass is 252 g/mol. The standard InChI is InChI=1S/C12H13FN2O3/c1-3-6-15(2)12(18)14-10-5-4-8(11(16)17)7-9(10)13/h3-5,7H,1,6H2,2H3,(H,14,18)(H,16,17). The van der Waals surface area contributed by atoms with E-state index in [1.165, 1.54) is 30.2 Å². The van der Waals surface area contributed by atoms with Crippen molar-refractivity contribution in [2.45, 2.75) is 0 Å². The van der Waals surface area contributed by atoms with E-state index in [2.05, 4.69) is 11.9 Å². The van der Waals surface area contributed by atoms with Crippen LogP contribution in [0.25, 0.3) is 0 Å². The molecular formula is C12H13FN2O3. The maximum Gasteiger partial charge on any atom is 0.335 e. The van der Waals surface area contributed by atoms with Gasteiger partial charge in [0, 0.05) is 13.6 Å². The highest BCUT2D eigenvalue weighted by Gasteiger charge is 2.12. The Labute approximate surface area is 104 Å². The van der Waals surface area contributed by atoms with Crippen molar-refractivity contribution in [3.63, 3.8) is 0 Å². The Morgan fingerprint density at radius 3 is 2.72 bits per heavy atom. The maximum atomic E-state index is 13.5. The molecule has 0 saturated heterocycles. The third-order valence-electron chi connectivity index (χ3n) is 2.21. The molecule has 0 aromatic heterocycles. The maximum absolute atomic E-state index is 13.5. The van der Waals surface area contributed by atoms with E-state index >= 15 is 0 Å². The second-order valence-electron chi connectivity index (χ2n) is 3.60. The largest absolute Gasteiger partial charge is 0.478 e. The van der Waals surface area contributed by atoms with Gasteiger partial charge in [0.1, 0.15) is 5.82 Å². The van der Waals surface area contributed by atoms with Crippen LogP contribution in [0.15, 0.2) is 30.9 Å². The van der Waals surface area contributed by atoms with Crippen LogP contribution in [0.1, 0.15) is 10.4 Å². The lowest BCUT2D eigenvalue weighted by Crippen LogP contribution is -2.31. The number of hydrogen-bond donors (Lipinski definition) is 2. The fourth-order valence-corrected chi connectivity index (χ4v) is 1.24. The highest BCUT2D eigenvalue weighted by molar-refractivity contribution is 5.91. The normalized spacial score (nSPS) is 9.67. The molecule has 18 heavy (non-hydrogen) atoms. The molecule has 5 nitrogen and oxygen atoms in total. The van der Waals surface area contributed by atoms with Crippen molar-refractivity contribution in [2.75, 3.05) is 18.9 Å². The number of likely N-dealkylation sites (N-methyl/N-ethyl adjacent to an activating group) is 1. The second-order valence-corrected chi connectivity index (χ2v) is 3.60. The Kier molecular flexibility index (Phi) is 4.42. The van der Waals surface area contributed by atoms with Gasteiger partial charge in [-0.1, -0.05) is 6.08 Å². The molecule has 1 aromatic rings. The topological polar surface area (TPSA) is 69.6 Å². The fraction of sp³-hybridized carbons (Fsp3) is 0.167. The minimum atomic E-state index is -1.23. The molecule has 0 atom stereocenters. The van der Waals surface area contributed by atoms with Crippen molar-refractivity contribution >= 4 is 17.7 Å². The van der Waals surface area contributed by atoms with Crippen molar-refractivity contribution in [3.05, 3.63) is 42.2 Å². The number of carboxylic acid groups (broad SMARTS) is 1. The molecule has 0 aliphatic carbocycles. The molecule has 0 heterocycles. The number of hydrogen-bond acceptors (Lipinski definition) is 2. The lowest BCUT2D eigenvalue weighted by molar-refractivity contribution is 0.0696. The van der Waals surface area contributed by atoms with Crippen molar-refractivity contribution in [3.8, 4) is 0 Å². The molecule has 2 N–H and O–H groups in total. The van der Waals surface area contributed by atoms with Gasteiger partial charge in [0.15, 0.2) is 0 Å². The first-order chi connectivity index (χ1) is 8.45. The van der Waals surface area contributed by atoms with Crippen LogP contribution >= 0.6 is 0 Å². The van der Waals surface area contributed by atoms with E-state index < -0.39 is 17.8 Å². The van der Waals surface area contributed by atoms with E-state index in [9.17, 15) is 14.0 Å². The molecule has 2 amide bonds. The summed E-state index contributed by atoms with van der Waals surface area (Å²) in [5, 5.41) is 11.0. The second kappa shape index (κ2) is 5.81. The van der Waals surface area contributed by atoms with Crippen molar-refractivity contribution in [1.82, 2.24) is 4.90 Å². The van der Waals surface area contributed by atoms with Gasteiger partial charge in [0.25, 0.3) is 0 Å². The Morgan fingerprint density at radius 2 is 2.22 bits per heavy atom. The number of nitrogens with one attached hydrogen (secondary N) is 1. The van der Waals surface area contributed by atoms with Crippen LogP contribution in [-0.2, 0) is 0 Å². The number of aromatic carboxylic acids is 1. The summed E-state index contributed by atoms with van der Waals surface area (Å²) in [5.41, 5.74) is -0.245. The van der Waals surface area contributed by atoms with Crippen LogP contribution in [0.4, 0.5) is 14.9 Å². The number of rotatable bonds is 4. The average Bonchev–Trinajstić information content (AvgIpc) is 2.31. The summed E-state index contributed by atoms with van der Waals surface area (Å²) < 4.78 is 13.5. The van der Waals surface area contributed by atoms with Crippen LogP contribution < -0.4 is 5.32 Å². The number of carboxylic acids is 1. The molecule has 0 aliphatic heterocycles.